The van der Waals surface area contributed by atoms with E-state index in [0.29, 0.717) is 19.8 Å². The van der Waals surface area contributed by atoms with E-state index < -0.39 is 6.16 Å². The van der Waals surface area contributed by atoms with Gasteiger partial charge in [0.1, 0.15) is 13.2 Å². The van der Waals surface area contributed by atoms with Crippen molar-refractivity contribution in [2.24, 2.45) is 5.41 Å². The van der Waals surface area contributed by atoms with Crippen LogP contribution in [0.15, 0.2) is 12.8 Å². The van der Waals surface area contributed by atoms with Gasteiger partial charge < -0.3 is 14.2 Å². The molecule has 0 unspecified atom stereocenters. The average Bonchev–Trinajstić information content (AvgIpc) is 2.18. The Kier molecular flexibility index (Phi) is 3.17. The van der Waals surface area contributed by atoms with Crippen molar-refractivity contribution in [2.75, 3.05) is 19.8 Å². The van der Waals surface area contributed by atoms with Gasteiger partial charge >= 0.3 is 6.16 Å². The summed E-state index contributed by atoms with van der Waals surface area (Å²) in [6, 6.07) is 0. The molecular formula is C9H14O4. The van der Waals surface area contributed by atoms with Crippen molar-refractivity contribution in [3.8, 4) is 0 Å². The van der Waals surface area contributed by atoms with E-state index in [-0.39, 0.29) is 5.41 Å². The van der Waals surface area contributed by atoms with Gasteiger partial charge in [0.2, 0.25) is 0 Å². The van der Waals surface area contributed by atoms with E-state index in [2.05, 4.69) is 6.58 Å². The summed E-state index contributed by atoms with van der Waals surface area (Å²) in [6.45, 7) is 6.65. The van der Waals surface area contributed by atoms with Gasteiger partial charge in [-0.25, -0.2) is 4.79 Å². The first-order valence-electron chi connectivity index (χ1n) is 4.24. The molecule has 0 spiro atoms. The monoisotopic (exact) mass is 186 g/mol. The van der Waals surface area contributed by atoms with Gasteiger partial charge in [-0.05, 0) is 6.42 Å². The molecule has 1 heterocycles. The molecule has 4 nitrogen and oxygen atoms in total. The molecule has 0 aromatic heterocycles. The first kappa shape index (κ1) is 9.89. The van der Waals surface area contributed by atoms with Crippen LogP contribution in [0.3, 0.4) is 0 Å². The Labute approximate surface area is 77.5 Å². The third kappa shape index (κ3) is 2.37. The number of hydrogen-bond acceptors (Lipinski definition) is 4. The lowest BCUT2D eigenvalue weighted by molar-refractivity contribution is -0.0835. The van der Waals surface area contributed by atoms with Crippen molar-refractivity contribution in [3.05, 3.63) is 12.8 Å². The van der Waals surface area contributed by atoms with Gasteiger partial charge in [-0.3, -0.25) is 0 Å². The van der Waals surface area contributed by atoms with E-state index in [1.807, 2.05) is 6.92 Å². The predicted molar refractivity (Wildman–Crippen MR) is 46.2 cm³/mol. The maximum absolute atomic E-state index is 10.6. The second kappa shape index (κ2) is 4.16. The average molecular weight is 186 g/mol. The minimum Gasteiger partial charge on any atom is -0.501 e. The molecular weight excluding hydrogens is 172 g/mol. The fourth-order valence-electron chi connectivity index (χ4n) is 1.13. The van der Waals surface area contributed by atoms with Crippen LogP contribution in [0.5, 0.6) is 0 Å². The minimum atomic E-state index is -0.595. The Morgan fingerprint density at radius 3 is 2.69 bits per heavy atom. The van der Waals surface area contributed by atoms with Crippen molar-refractivity contribution in [1.82, 2.24) is 0 Å². The Morgan fingerprint density at radius 1 is 1.62 bits per heavy atom. The van der Waals surface area contributed by atoms with E-state index in [1.165, 1.54) is 6.26 Å². The van der Waals surface area contributed by atoms with Gasteiger partial charge in [0.15, 0.2) is 0 Å². The van der Waals surface area contributed by atoms with Crippen molar-refractivity contribution in [1.29, 1.82) is 0 Å². The summed E-state index contributed by atoms with van der Waals surface area (Å²) in [7, 11) is 0. The highest BCUT2D eigenvalue weighted by molar-refractivity contribution is 5.60. The molecule has 1 saturated heterocycles. The fraction of sp³-hybridized carbons (Fsp3) is 0.667. The van der Waals surface area contributed by atoms with Gasteiger partial charge in [-0.2, -0.15) is 0 Å². The molecule has 0 bridgehead atoms. The van der Waals surface area contributed by atoms with Crippen LogP contribution in [0.25, 0.3) is 0 Å². The summed E-state index contributed by atoms with van der Waals surface area (Å²) in [6.07, 6.45) is 1.63. The van der Waals surface area contributed by atoms with Crippen LogP contribution in [0.4, 0.5) is 4.79 Å². The van der Waals surface area contributed by atoms with Crippen LogP contribution in [-0.2, 0) is 14.2 Å². The molecule has 0 N–H and O–H groups in total. The van der Waals surface area contributed by atoms with E-state index >= 15 is 0 Å². The van der Waals surface area contributed by atoms with Crippen LogP contribution < -0.4 is 0 Å². The molecule has 0 atom stereocenters. The van der Waals surface area contributed by atoms with Crippen molar-refractivity contribution in [3.63, 3.8) is 0 Å². The second-order valence-corrected chi connectivity index (χ2v) is 3.16. The lowest BCUT2D eigenvalue weighted by atomic mass is 9.87. The van der Waals surface area contributed by atoms with E-state index in [9.17, 15) is 4.79 Å². The summed E-state index contributed by atoms with van der Waals surface area (Å²) in [5.41, 5.74) is -0.206. The maximum atomic E-state index is 10.6. The summed E-state index contributed by atoms with van der Waals surface area (Å²) in [5, 5.41) is 0. The third-order valence-corrected chi connectivity index (χ3v) is 2.25. The molecule has 1 rings (SSSR count). The summed E-state index contributed by atoms with van der Waals surface area (Å²) >= 11 is 0. The topological polar surface area (TPSA) is 44.8 Å². The van der Waals surface area contributed by atoms with Gasteiger partial charge in [0.25, 0.3) is 0 Å². The number of cyclic esters (lactones) is 2. The second-order valence-electron chi connectivity index (χ2n) is 3.16. The van der Waals surface area contributed by atoms with E-state index in [0.717, 1.165) is 6.42 Å². The Bertz CT molecular complexity index is 184. The fourth-order valence-corrected chi connectivity index (χ4v) is 1.13. The standard InChI is InChI=1S/C9H14O4/c1-3-9(5-11-4-2)6-12-8(10)13-7-9/h4H,2-3,5-7H2,1H3. The Hall–Kier alpha value is -1.19. The zero-order valence-corrected chi connectivity index (χ0v) is 7.75. The smallest absolute Gasteiger partial charge is 0.501 e. The number of carbonyl (C=O) groups is 1. The Morgan fingerprint density at radius 2 is 2.23 bits per heavy atom. The van der Waals surface area contributed by atoms with Crippen molar-refractivity contribution >= 4 is 6.16 Å². The molecule has 1 fully saturated rings. The maximum Gasteiger partial charge on any atom is 0.508 e. The predicted octanol–water partition coefficient (Wildman–Crippen LogP) is 1.71. The summed E-state index contributed by atoms with van der Waals surface area (Å²) < 4.78 is 14.7. The van der Waals surface area contributed by atoms with Crippen LogP contribution in [0, 0.1) is 5.41 Å². The lowest BCUT2D eigenvalue weighted by Crippen LogP contribution is -2.42. The molecule has 0 aromatic carbocycles. The van der Waals surface area contributed by atoms with Gasteiger partial charge in [0, 0.05) is 0 Å². The van der Waals surface area contributed by atoms with Gasteiger partial charge in [-0.15, -0.1) is 0 Å². The van der Waals surface area contributed by atoms with Gasteiger partial charge in [0.05, 0.1) is 18.3 Å². The number of rotatable bonds is 4. The van der Waals surface area contributed by atoms with Crippen LogP contribution in [0.1, 0.15) is 13.3 Å². The Balaban J connectivity index is 2.49. The minimum absolute atomic E-state index is 0.206. The zero-order valence-electron chi connectivity index (χ0n) is 7.75. The third-order valence-electron chi connectivity index (χ3n) is 2.25. The highest BCUT2D eigenvalue weighted by Crippen LogP contribution is 2.27. The molecule has 4 heteroatoms. The van der Waals surface area contributed by atoms with Crippen LogP contribution in [0.2, 0.25) is 0 Å². The molecule has 1 aliphatic rings. The number of hydrogen-bond donors (Lipinski definition) is 0. The molecule has 1 aliphatic heterocycles. The number of ether oxygens (including phenoxy) is 3. The SMILES string of the molecule is C=COCC1(CC)COC(=O)OC1. The first-order chi connectivity index (χ1) is 6.22. The van der Waals surface area contributed by atoms with E-state index in [1.54, 1.807) is 0 Å². The lowest BCUT2D eigenvalue weighted by Gasteiger charge is -2.33. The molecule has 0 aliphatic carbocycles. The van der Waals surface area contributed by atoms with E-state index in [4.69, 9.17) is 14.2 Å². The zero-order chi connectivity index (χ0) is 9.73. The molecule has 74 valence electrons. The van der Waals surface area contributed by atoms with Crippen LogP contribution in [-0.4, -0.2) is 26.0 Å². The first-order valence-corrected chi connectivity index (χ1v) is 4.24. The highest BCUT2D eigenvalue weighted by atomic mass is 16.7. The van der Waals surface area contributed by atoms with Crippen molar-refractivity contribution in [2.45, 2.75) is 13.3 Å². The van der Waals surface area contributed by atoms with Gasteiger partial charge in [-0.1, -0.05) is 13.5 Å². The van der Waals surface area contributed by atoms with Crippen LogP contribution >= 0.6 is 0 Å². The summed E-state index contributed by atoms with van der Waals surface area (Å²) in [5.74, 6) is 0. The molecule has 0 aromatic rings. The largest absolute Gasteiger partial charge is 0.508 e. The molecule has 0 amide bonds. The summed E-state index contributed by atoms with van der Waals surface area (Å²) in [4.78, 5) is 10.6. The molecule has 0 saturated carbocycles. The van der Waals surface area contributed by atoms with Crippen molar-refractivity contribution < 1.29 is 19.0 Å². The molecule has 13 heavy (non-hydrogen) atoms. The molecule has 0 radical (unpaired) electrons. The quantitative estimate of drug-likeness (QED) is 0.495. The highest BCUT2D eigenvalue weighted by Gasteiger charge is 2.36. The number of carbonyl (C=O) groups excluding carboxylic acids is 1. The normalized spacial score (nSPS) is 19.9.